The normalized spacial score (nSPS) is 15.0. The second-order valence-electron chi connectivity index (χ2n) is 4.77. The van der Waals surface area contributed by atoms with Crippen molar-refractivity contribution in [1.29, 1.82) is 0 Å². The molecule has 0 spiro atoms. The average molecular weight is 337 g/mol. The molecule has 6 heteroatoms. The summed E-state index contributed by atoms with van der Waals surface area (Å²) in [6.45, 7) is 0. The van der Waals surface area contributed by atoms with Crippen molar-refractivity contribution in [2.24, 2.45) is 0 Å². The number of amides is 1. The third kappa shape index (κ3) is 3.44. The lowest BCUT2D eigenvalue weighted by molar-refractivity contribution is 0.102. The number of carbonyl (C=O) groups excluding carboxylic acids is 1. The Labute approximate surface area is 135 Å². The molecule has 114 valence electrons. The Morgan fingerprint density at radius 1 is 1.05 bits per heavy atom. The summed E-state index contributed by atoms with van der Waals surface area (Å²) in [5, 5.41) is 2.45. The molecule has 2 aromatic carbocycles. The summed E-state index contributed by atoms with van der Waals surface area (Å²) in [5.74, 6) is 0.405. The summed E-state index contributed by atoms with van der Waals surface area (Å²) in [6, 6.07) is 10.4. The van der Waals surface area contributed by atoms with Gasteiger partial charge < -0.3 is 5.32 Å². The maximum atomic E-state index is 13.5. The molecule has 0 radical (unpaired) electrons. The summed E-state index contributed by atoms with van der Waals surface area (Å²) in [5.41, 5.74) is 1.59. The zero-order valence-corrected chi connectivity index (χ0v) is 13.1. The first-order valence-corrected chi connectivity index (χ1v) is 8.83. The molecule has 0 bridgehead atoms. The third-order valence-corrected chi connectivity index (χ3v) is 6.35. The Kier molecular flexibility index (Phi) is 4.69. The van der Waals surface area contributed by atoms with Crippen LogP contribution in [0, 0.1) is 11.6 Å². The van der Waals surface area contributed by atoms with Crippen LogP contribution in [0.15, 0.2) is 42.5 Å². The topological polar surface area (TPSA) is 29.1 Å². The molecule has 0 aromatic heterocycles. The first-order chi connectivity index (χ1) is 10.6. The Morgan fingerprint density at radius 2 is 1.73 bits per heavy atom. The van der Waals surface area contributed by atoms with Gasteiger partial charge in [0.2, 0.25) is 0 Å². The highest BCUT2D eigenvalue weighted by atomic mass is 32.2. The van der Waals surface area contributed by atoms with Gasteiger partial charge in [-0.25, -0.2) is 8.78 Å². The molecular formula is C16H13F2NOS2. The lowest BCUT2D eigenvalue weighted by Gasteiger charge is -2.10. The van der Waals surface area contributed by atoms with Crippen molar-refractivity contribution >= 4 is 35.1 Å². The Hall–Kier alpha value is -1.53. The summed E-state index contributed by atoms with van der Waals surface area (Å²) in [7, 11) is 0. The number of thioether (sulfide) groups is 2. The van der Waals surface area contributed by atoms with Gasteiger partial charge in [0.25, 0.3) is 5.91 Å². The largest absolute Gasteiger partial charge is 0.319 e. The Balaban J connectivity index is 1.71. The molecule has 0 atom stereocenters. The minimum Gasteiger partial charge on any atom is -0.319 e. The average Bonchev–Trinajstić information content (AvgIpc) is 3.04. The van der Waals surface area contributed by atoms with Crippen LogP contribution in [0.25, 0.3) is 0 Å². The highest BCUT2D eigenvalue weighted by Crippen LogP contribution is 2.45. The van der Waals surface area contributed by atoms with Crippen molar-refractivity contribution in [2.75, 3.05) is 16.8 Å². The monoisotopic (exact) mass is 337 g/mol. The SMILES string of the molecule is O=C(Nc1ccc(F)cc1F)c1ccc(C2SCCS2)cc1. The minimum absolute atomic E-state index is 0.0302. The van der Waals surface area contributed by atoms with Crippen LogP contribution in [0.2, 0.25) is 0 Å². The highest BCUT2D eigenvalue weighted by Gasteiger charge is 2.18. The standard InChI is InChI=1S/C16H13F2NOS2/c17-12-5-6-14(13(18)9-12)19-15(20)10-1-3-11(4-2-10)16-21-7-8-22-16/h1-6,9,16H,7-8H2,(H,19,20). The van der Waals surface area contributed by atoms with Gasteiger partial charge in [-0.15, -0.1) is 23.5 Å². The molecule has 1 aliphatic rings. The summed E-state index contributed by atoms with van der Waals surface area (Å²) >= 11 is 3.79. The second-order valence-corrected chi connectivity index (χ2v) is 7.50. The number of hydrogen-bond donors (Lipinski definition) is 1. The van der Waals surface area contributed by atoms with E-state index in [2.05, 4.69) is 5.32 Å². The van der Waals surface area contributed by atoms with Crippen LogP contribution >= 0.6 is 23.5 Å². The van der Waals surface area contributed by atoms with Crippen LogP contribution in [0.3, 0.4) is 0 Å². The Morgan fingerprint density at radius 3 is 2.36 bits per heavy atom. The van der Waals surface area contributed by atoms with E-state index in [-0.39, 0.29) is 5.69 Å². The van der Waals surface area contributed by atoms with Crippen molar-refractivity contribution in [1.82, 2.24) is 0 Å². The molecule has 0 unspecified atom stereocenters. The van der Waals surface area contributed by atoms with Gasteiger partial charge in [-0.2, -0.15) is 0 Å². The van der Waals surface area contributed by atoms with E-state index in [1.54, 1.807) is 12.1 Å². The van der Waals surface area contributed by atoms with E-state index in [0.717, 1.165) is 23.6 Å². The zero-order valence-electron chi connectivity index (χ0n) is 11.5. The van der Waals surface area contributed by atoms with Gasteiger partial charge >= 0.3 is 0 Å². The van der Waals surface area contributed by atoms with Crippen LogP contribution in [-0.4, -0.2) is 17.4 Å². The van der Waals surface area contributed by atoms with Gasteiger partial charge in [-0.1, -0.05) is 12.1 Å². The van der Waals surface area contributed by atoms with Crippen LogP contribution in [-0.2, 0) is 0 Å². The van der Waals surface area contributed by atoms with Crippen LogP contribution in [0.1, 0.15) is 20.5 Å². The van der Waals surface area contributed by atoms with Crippen LogP contribution in [0.5, 0.6) is 0 Å². The first-order valence-electron chi connectivity index (χ1n) is 6.73. The number of nitrogens with one attached hydrogen (secondary N) is 1. The molecule has 22 heavy (non-hydrogen) atoms. The molecule has 0 saturated carbocycles. The smallest absolute Gasteiger partial charge is 0.255 e. The Bertz CT molecular complexity index is 685. The first kappa shape index (κ1) is 15.4. The molecule has 1 aliphatic heterocycles. The molecule has 1 amide bonds. The second kappa shape index (κ2) is 6.71. The minimum atomic E-state index is -0.788. The fraction of sp³-hybridized carbons (Fsp3) is 0.188. The maximum Gasteiger partial charge on any atom is 0.255 e. The van der Waals surface area contributed by atoms with Crippen molar-refractivity contribution in [3.05, 3.63) is 65.2 Å². The van der Waals surface area contributed by atoms with E-state index in [0.29, 0.717) is 10.1 Å². The number of anilines is 1. The van der Waals surface area contributed by atoms with Gasteiger partial charge in [-0.05, 0) is 29.8 Å². The molecule has 1 fully saturated rings. The predicted octanol–water partition coefficient (Wildman–Crippen LogP) is 4.70. The molecular weight excluding hydrogens is 324 g/mol. The number of hydrogen-bond acceptors (Lipinski definition) is 3. The summed E-state index contributed by atoms with van der Waals surface area (Å²) in [6.07, 6.45) is 0. The zero-order chi connectivity index (χ0) is 15.5. The van der Waals surface area contributed by atoms with Crippen LogP contribution in [0.4, 0.5) is 14.5 Å². The van der Waals surface area contributed by atoms with Gasteiger partial charge in [-0.3, -0.25) is 4.79 Å². The number of rotatable bonds is 3. The van der Waals surface area contributed by atoms with Gasteiger partial charge in [0.05, 0.1) is 10.3 Å². The molecule has 0 aliphatic carbocycles. The quantitative estimate of drug-likeness (QED) is 0.880. The molecule has 2 aromatic rings. The van der Waals surface area contributed by atoms with E-state index in [1.807, 2.05) is 35.7 Å². The molecule has 2 nitrogen and oxygen atoms in total. The maximum absolute atomic E-state index is 13.5. The predicted molar refractivity (Wildman–Crippen MR) is 88.4 cm³/mol. The lowest BCUT2D eigenvalue weighted by atomic mass is 10.1. The molecule has 3 rings (SSSR count). The van der Waals surface area contributed by atoms with E-state index in [1.165, 1.54) is 11.6 Å². The lowest BCUT2D eigenvalue weighted by Crippen LogP contribution is -2.13. The van der Waals surface area contributed by atoms with Crippen molar-refractivity contribution in [3.63, 3.8) is 0 Å². The van der Waals surface area contributed by atoms with E-state index < -0.39 is 17.5 Å². The van der Waals surface area contributed by atoms with Gasteiger partial charge in [0, 0.05) is 23.1 Å². The number of halogens is 2. The van der Waals surface area contributed by atoms with Gasteiger partial charge in [0.1, 0.15) is 11.6 Å². The van der Waals surface area contributed by atoms with E-state index in [4.69, 9.17) is 0 Å². The van der Waals surface area contributed by atoms with Crippen molar-refractivity contribution < 1.29 is 13.6 Å². The molecule has 1 heterocycles. The third-order valence-electron chi connectivity index (χ3n) is 3.25. The fourth-order valence-corrected chi connectivity index (χ4v) is 4.99. The van der Waals surface area contributed by atoms with E-state index in [9.17, 15) is 13.6 Å². The van der Waals surface area contributed by atoms with E-state index >= 15 is 0 Å². The summed E-state index contributed by atoms with van der Waals surface area (Å²) < 4.78 is 26.8. The van der Waals surface area contributed by atoms with Gasteiger partial charge in [0.15, 0.2) is 0 Å². The van der Waals surface area contributed by atoms with Crippen LogP contribution < -0.4 is 5.32 Å². The fourth-order valence-electron chi connectivity index (χ4n) is 2.13. The number of carbonyl (C=O) groups is 1. The highest BCUT2D eigenvalue weighted by molar-refractivity contribution is 8.19. The molecule has 1 N–H and O–H groups in total. The number of benzene rings is 2. The van der Waals surface area contributed by atoms with Crippen molar-refractivity contribution in [2.45, 2.75) is 4.58 Å². The molecule has 1 saturated heterocycles. The van der Waals surface area contributed by atoms with Crippen molar-refractivity contribution in [3.8, 4) is 0 Å². The summed E-state index contributed by atoms with van der Waals surface area (Å²) in [4.78, 5) is 12.1.